The first kappa shape index (κ1) is 24.1. The van der Waals surface area contributed by atoms with Gasteiger partial charge in [-0.1, -0.05) is 58.4 Å². The lowest BCUT2D eigenvalue weighted by atomic mass is 9.47. The van der Waals surface area contributed by atoms with Crippen molar-refractivity contribution in [2.45, 2.75) is 112 Å². The van der Waals surface area contributed by atoms with Crippen LogP contribution >= 0.6 is 0 Å². The molecular formula is C30H48O2. The Hall–Kier alpha value is -1.05. The second-order valence-electron chi connectivity index (χ2n) is 12.8. The van der Waals surface area contributed by atoms with Gasteiger partial charge in [-0.25, -0.2) is 0 Å². The highest BCUT2D eigenvalue weighted by molar-refractivity contribution is 5.66. The molecule has 8 unspecified atom stereocenters. The number of carbonyl (C=O) groups is 1. The monoisotopic (exact) mass is 440 g/mol. The van der Waals surface area contributed by atoms with Gasteiger partial charge in [0.15, 0.2) is 0 Å². The number of esters is 1. The molecular weight excluding hydrogens is 392 g/mol. The van der Waals surface area contributed by atoms with Crippen LogP contribution in [0.4, 0.5) is 0 Å². The SMILES string of the molecule is C=C(CCC(C)C1CCC2C3CC=C4CC(OC(C)=O)CCC4(C)C3CCC12C)C(C)C. The number of ether oxygens (including phenoxy) is 1. The van der Waals surface area contributed by atoms with Crippen LogP contribution in [0.25, 0.3) is 0 Å². The topological polar surface area (TPSA) is 26.3 Å². The van der Waals surface area contributed by atoms with Crippen LogP contribution in [0.15, 0.2) is 23.8 Å². The van der Waals surface area contributed by atoms with Gasteiger partial charge < -0.3 is 4.74 Å². The molecule has 0 radical (unpaired) electrons. The third kappa shape index (κ3) is 4.14. The molecule has 4 aliphatic carbocycles. The maximum atomic E-state index is 11.5. The molecule has 4 aliphatic rings. The highest BCUT2D eigenvalue weighted by Crippen LogP contribution is 2.67. The van der Waals surface area contributed by atoms with Gasteiger partial charge in [0.25, 0.3) is 0 Å². The van der Waals surface area contributed by atoms with Gasteiger partial charge in [0.2, 0.25) is 0 Å². The molecule has 4 rings (SSSR count). The molecule has 0 spiro atoms. The van der Waals surface area contributed by atoms with Crippen LogP contribution in [-0.4, -0.2) is 12.1 Å². The number of fused-ring (bicyclic) bond motifs is 5. The Bertz CT molecular complexity index is 763. The van der Waals surface area contributed by atoms with Gasteiger partial charge >= 0.3 is 5.97 Å². The van der Waals surface area contributed by atoms with Crippen LogP contribution in [0, 0.1) is 46.3 Å². The van der Waals surface area contributed by atoms with Crippen molar-refractivity contribution in [3.05, 3.63) is 23.8 Å². The summed E-state index contributed by atoms with van der Waals surface area (Å²) in [6.07, 6.45) is 15.4. The zero-order chi connectivity index (χ0) is 23.3. The molecule has 0 saturated heterocycles. The molecule has 0 amide bonds. The smallest absolute Gasteiger partial charge is 0.302 e. The van der Waals surface area contributed by atoms with Crippen molar-refractivity contribution in [1.82, 2.24) is 0 Å². The predicted molar refractivity (Wildman–Crippen MR) is 133 cm³/mol. The highest BCUT2D eigenvalue weighted by atomic mass is 16.5. The minimum absolute atomic E-state index is 0.106. The summed E-state index contributed by atoms with van der Waals surface area (Å²) in [5.41, 5.74) is 3.90. The van der Waals surface area contributed by atoms with Crippen molar-refractivity contribution in [3.63, 3.8) is 0 Å². The number of hydrogen-bond donors (Lipinski definition) is 0. The van der Waals surface area contributed by atoms with E-state index in [1.54, 1.807) is 12.5 Å². The molecule has 180 valence electrons. The average Bonchev–Trinajstić information content (AvgIpc) is 3.08. The highest BCUT2D eigenvalue weighted by Gasteiger charge is 2.59. The summed E-state index contributed by atoms with van der Waals surface area (Å²) in [5.74, 6) is 4.76. The Balaban J connectivity index is 1.47. The maximum Gasteiger partial charge on any atom is 0.302 e. The second kappa shape index (κ2) is 8.95. The van der Waals surface area contributed by atoms with Crippen molar-refractivity contribution in [3.8, 4) is 0 Å². The van der Waals surface area contributed by atoms with E-state index in [1.807, 2.05) is 0 Å². The Kier molecular flexibility index (Phi) is 6.74. The summed E-state index contributed by atoms with van der Waals surface area (Å²) >= 11 is 0. The van der Waals surface area contributed by atoms with Gasteiger partial charge in [0.05, 0.1) is 0 Å². The van der Waals surface area contributed by atoms with E-state index in [-0.39, 0.29) is 12.1 Å². The summed E-state index contributed by atoms with van der Waals surface area (Å²) < 4.78 is 5.62. The average molecular weight is 441 g/mol. The second-order valence-corrected chi connectivity index (χ2v) is 12.8. The predicted octanol–water partition coefficient (Wildman–Crippen LogP) is 8.13. The normalized spacial score (nSPS) is 41.8. The molecule has 0 aromatic rings. The van der Waals surface area contributed by atoms with E-state index in [1.165, 1.54) is 56.9 Å². The fourth-order valence-electron chi connectivity index (χ4n) is 8.84. The standard InChI is InChI=1S/C30H48O2/c1-19(2)20(3)8-9-21(4)26-12-13-27-25-11-10-23-18-24(32-22(5)31)14-16-29(23,6)28(25)15-17-30(26,27)7/h10,19,21,24-28H,3,8-9,11-18H2,1-2,4-7H3. The van der Waals surface area contributed by atoms with Crippen LogP contribution in [0.3, 0.4) is 0 Å². The lowest BCUT2D eigenvalue weighted by Gasteiger charge is -2.58. The first-order valence-corrected chi connectivity index (χ1v) is 13.6. The first-order valence-electron chi connectivity index (χ1n) is 13.6. The first-order chi connectivity index (χ1) is 15.1. The fraction of sp³-hybridized carbons (Fsp3) is 0.833. The van der Waals surface area contributed by atoms with Crippen LogP contribution in [0.1, 0.15) is 106 Å². The molecule has 32 heavy (non-hydrogen) atoms. The molecule has 2 heteroatoms. The fourth-order valence-corrected chi connectivity index (χ4v) is 8.84. The van der Waals surface area contributed by atoms with Crippen LogP contribution < -0.4 is 0 Å². The van der Waals surface area contributed by atoms with Crippen molar-refractivity contribution in [2.75, 3.05) is 0 Å². The van der Waals surface area contributed by atoms with E-state index < -0.39 is 0 Å². The molecule has 8 atom stereocenters. The van der Waals surface area contributed by atoms with E-state index >= 15 is 0 Å². The molecule has 2 nitrogen and oxygen atoms in total. The zero-order valence-electron chi connectivity index (χ0n) is 21.7. The van der Waals surface area contributed by atoms with Crippen molar-refractivity contribution < 1.29 is 9.53 Å². The Morgan fingerprint density at radius 1 is 1.12 bits per heavy atom. The quantitative estimate of drug-likeness (QED) is 0.308. The molecule has 0 aromatic heterocycles. The largest absolute Gasteiger partial charge is 0.462 e. The number of hydrogen-bond acceptors (Lipinski definition) is 2. The number of allylic oxidation sites excluding steroid dienone is 2. The van der Waals surface area contributed by atoms with E-state index in [2.05, 4.69) is 47.3 Å². The Labute approximate surface area is 197 Å². The molecule has 3 saturated carbocycles. The Morgan fingerprint density at radius 2 is 1.88 bits per heavy atom. The Morgan fingerprint density at radius 3 is 2.56 bits per heavy atom. The lowest BCUT2D eigenvalue weighted by molar-refractivity contribution is -0.148. The molecule has 3 fully saturated rings. The van der Waals surface area contributed by atoms with E-state index in [0.717, 1.165) is 42.4 Å². The van der Waals surface area contributed by atoms with Gasteiger partial charge in [-0.3, -0.25) is 4.79 Å². The van der Waals surface area contributed by atoms with Gasteiger partial charge in [0.1, 0.15) is 6.10 Å². The summed E-state index contributed by atoms with van der Waals surface area (Å²) in [5, 5.41) is 0. The van der Waals surface area contributed by atoms with Crippen LogP contribution in [0.5, 0.6) is 0 Å². The minimum Gasteiger partial charge on any atom is -0.462 e. The third-order valence-electron chi connectivity index (χ3n) is 10.9. The zero-order valence-corrected chi connectivity index (χ0v) is 21.7. The molecule has 0 aromatic carbocycles. The summed E-state index contributed by atoms with van der Waals surface area (Å²) in [6.45, 7) is 18.2. The minimum atomic E-state index is -0.121. The third-order valence-corrected chi connectivity index (χ3v) is 10.9. The van der Waals surface area contributed by atoms with Gasteiger partial charge in [-0.2, -0.15) is 0 Å². The maximum absolute atomic E-state index is 11.5. The van der Waals surface area contributed by atoms with Crippen molar-refractivity contribution in [2.24, 2.45) is 46.3 Å². The lowest BCUT2D eigenvalue weighted by Crippen LogP contribution is -2.51. The van der Waals surface area contributed by atoms with E-state index in [4.69, 9.17) is 4.74 Å². The molecule has 0 N–H and O–H groups in total. The number of carbonyl (C=O) groups excluding carboxylic acids is 1. The summed E-state index contributed by atoms with van der Waals surface area (Å²) in [4.78, 5) is 11.5. The van der Waals surface area contributed by atoms with Crippen molar-refractivity contribution >= 4 is 5.97 Å². The molecule has 0 bridgehead atoms. The van der Waals surface area contributed by atoms with Crippen LogP contribution in [-0.2, 0) is 9.53 Å². The molecule has 0 aliphatic heterocycles. The van der Waals surface area contributed by atoms with Gasteiger partial charge in [-0.05, 0) is 104 Å². The summed E-state index contributed by atoms with van der Waals surface area (Å²) in [6, 6.07) is 0. The van der Waals surface area contributed by atoms with Crippen LogP contribution in [0.2, 0.25) is 0 Å². The van der Waals surface area contributed by atoms with Crippen molar-refractivity contribution in [1.29, 1.82) is 0 Å². The summed E-state index contributed by atoms with van der Waals surface area (Å²) in [7, 11) is 0. The number of rotatable bonds is 6. The van der Waals surface area contributed by atoms with E-state index in [9.17, 15) is 4.79 Å². The van der Waals surface area contributed by atoms with Gasteiger partial charge in [0, 0.05) is 13.3 Å². The van der Waals surface area contributed by atoms with E-state index in [0.29, 0.717) is 16.7 Å². The van der Waals surface area contributed by atoms with Gasteiger partial charge in [-0.15, -0.1) is 0 Å². The molecule has 0 heterocycles.